The van der Waals surface area contributed by atoms with Crippen molar-refractivity contribution in [3.63, 3.8) is 0 Å². The van der Waals surface area contributed by atoms with Gasteiger partial charge in [0.1, 0.15) is 12.4 Å². The summed E-state index contributed by atoms with van der Waals surface area (Å²) in [6.45, 7) is 3.65. The maximum Gasteiger partial charge on any atom is 0.167 e. The van der Waals surface area contributed by atoms with E-state index >= 15 is 0 Å². The van der Waals surface area contributed by atoms with E-state index in [2.05, 4.69) is 4.98 Å². The Balaban J connectivity index is 2.35. The van der Waals surface area contributed by atoms with Crippen molar-refractivity contribution in [2.75, 3.05) is 6.61 Å². The molecule has 16 heavy (non-hydrogen) atoms. The smallest absolute Gasteiger partial charge is 0.167 e. The predicted octanol–water partition coefficient (Wildman–Crippen LogP) is 2.51. The summed E-state index contributed by atoms with van der Waals surface area (Å²) in [6.07, 6.45) is 1.79. The van der Waals surface area contributed by atoms with E-state index < -0.39 is 0 Å². The van der Waals surface area contributed by atoms with Crippen LogP contribution in [0.1, 0.15) is 12.5 Å². The lowest BCUT2D eigenvalue weighted by Gasteiger charge is -2.06. The first-order valence-corrected chi connectivity index (χ1v) is 5.14. The van der Waals surface area contributed by atoms with Crippen molar-refractivity contribution in [3.05, 3.63) is 36.0 Å². The molecule has 0 amide bonds. The molecule has 0 saturated carbocycles. The van der Waals surface area contributed by atoms with Gasteiger partial charge in [0.05, 0.1) is 5.52 Å². The fraction of sp³-hybridized carbons (Fsp3) is 0.231. The van der Waals surface area contributed by atoms with Gasteiger partial charge in [-0.25, -0.2) is 0 Å². The van der Waals surface area contributed by atoms with Crippen LogP contribution in [0.2, 0.25) is 0 Å². The van der Waals surface area contributed by atoms with E-state index in [4.69, 9.17) is 4.74 Å². The van der Waals surface area contributed by atoms with Gasteiger partial charge in [0.2, 0.25) is 0 Å². The SMILES string of the molecule is CC(=O)COc1ccc2nccc(C)c2c1. The number of aryl methyl sites for hydroxylation is 1. The highest BCUT2D eigenvalue weighted by Crippen LogP contribution is 2.21. The number of Topliss-reactive ketones (excluding diaryl/α,β-unsaturated/α-hetero) is 1. The summed E-state index contributed by atoms with van der Waals surface area (Å²) in [5, 5.41) is 1.06. The fourth-order valence-electron chi connectivity index (χ4n) is 1.54. The zero-order chi connectivity index (χ0) is 11.5. The number of fused-ring (bicyclic) bond motifs is 1. The molecule has 0 aliphatic heterocycles. The van der Waals surface area contributed by atoms with Crippen LogP contribution in [0.3, 0.4) is 0 Å². The van der Waals surface area contributed by atoms with E-state index in [9.17, 15) is 4.79 Å². The van der Waals surface area contributed by atoms with E-state index in [1.165, 1.54) is 6.92 Å². The third-order valence-corrected chi connectivity index (χ3v) is 2.37. The van der Waals surface area contributed by atoms with E-state index in [0.717, 1.165) is 16.5 Å². The molecule has 0 aliphatic rings. The molecule has 82 valence electrons. The van der Waals surface area contributed by atoms with Gasteiger partial charge in [0.25, 0.3) is 0 Å². The lowest BCUT2D eigenvalue weighted by atomic mass is 10.1. The molecular weight excluding hydrogens is 202 g/mol. The first-order valence-electron chi connectivity index (χ1n) is 5.14. The Labute approximate surface area is 94.1 Å². The minimum absolute atomic E-state index is 0.0167. The first-order chi connectivity index (χ1) is 7.66. The number of aromatic nitrogens is 1. The number of rotatable bonds is 3. The Hall–Kier alpha value is -1.90. The van der Waals surface area contributed by atoms with E-state index in [-0.39, 0.29) is 12.4 Å². The summed E-state index contributed by atoms with van der Waals surface area (Å²) in [5.74, 6) is 0.724. The van der Waals surface area contributed by atoms with Crippen LogP contribution in [0.4, 0.5) is 0 Å². The molecule has 2 aromatic rings. The molecule has 0 unspecified atom stereocenters. The minimum atomic E-state index is 0.0167. The molecule has 0 spiro atoms. The average molecular weight is 215 g/mol. The highest BCUT2D eigenvalue weighted by molar-refractivity contribution is 5.83. The van der Waals surface area contributed by atoms with Crippen molar-refractivity contribution in [2.45, 2.75) is 13.8 Å². The molecule has 3 nitrogen and oxygen atoms in total. The molecule has 1 aromatic heterocycles. The summed E-state index contributed by atoms with van der Waals surface area (Å²) in [6, 6.07) is 7.60. The Morgan fingerprint density at radius 2 is 2.19 bits per heavy atom. The van der Waals surface area contributed by atoms with Crippen molar-refractivity contribution >= 4 is 16.7 Å². The first kappa shape index (κ1) is 10.6. The minimum Gasteiger partial charge on any atom is -0.486 e. The molecule has 0 N–H and O–H groups in total. The van der Waals surface area contributed by atoms with Crippen LogP contribution in [-0.2, 0) is 4.79 Å². The Kier molecular flexibility index (Phi) is 2.86. The fourth-order valence-corrected chi connectivity index (χ4v) is 1.54. The average Bonchev–Trinajstić information content (AvgIpc) is 2.27. The van der Waals surface area contributed by atoms with Gasteiger partial charge in [-0.05, 0) is 43.7 Å². The highest BCUT2D eigenvalue weighted by atomic mass is 16.5. The number of nitrogens with zero attached hydrogens (tertiary/aromatic N) is 1. The van der Waals surface area contributed by atoms with Crippen LogP contribution in [-0.4, -0.2) is 17.4 Å². The normalized spacial score (nSPS) is 10.4. The Morgan fingerprint density at radius 1 is 1.38 bits per heavy atom. The zero-order valence-electron chi connectivity index (χ0n) is 9.36. The van der Waals surface area contributed by atoms with Gasteiger partial charge in [-0.15, -0.1) is 0 Å². The lowest BCUT2D eigenvalue weighted by Crippen LogP contribution is -2.06. The molecular formula is C13H13NO2. The van der Waals surface area contributed by atoms with Crippen LogP contribution in [0, 0.1) is 6.92 Å². The molecule has 0 atom stereocenters. The van der Waals surface area contributed by atoms with Crippen molar-refractivity contribution < 1.29 is 9.53 Å². The summed E-state index contributed by atoms with van der Waals surface area (Å²) < 4.78 is 5.35. The van der Waals surface area contributed by atoms with E-state index in [0.29, 0.717) is 5.75 Å². The topological polar surface area (TPSA) is 39.2 Å². The number of ketones is 1. The van der Waals surface area contributed by atoms with Gasteiger partial charge in [-0.2, -0.15) is 0 Å². The second kappa shape index (κ2) is 4.31. The van der Waals surface area contributed by atoms with Crippen LogP contribution in [0.25, 0.3) is 10.9 Å². The Morgan fingerprint density at radius 3 is 2.94 bits per heavy atom. The monoisotopic (exact) mass is 215 g/mol. The van der Waals surface area contributed by atoms with E-state index in [1.54, 1.807) is 6.20 Å². The third kappa shape index (κ3) is 2.19. The summed E-state index contributed by atoms with van der Waals surface area (Å²) >= 11 is 0. The number of pyridine rings is 1. The number of carbonyl (C=O) groups is 1. The number of hydrogen-bond donors (Lipinski definition) is 0. The second-order valence-electron chi connectivity index (χ2n) is 3.80. The molecule has 1 heterocycles. The zero-order valence-corrected chi connectivity index (χ0v) is 9.36. The van der Waals surface area contributed by atoms with Gasteiger partial charge < -0.3 is 4.74 Å². The Bertz CT molecular complexity index is 534. The van der Waals surface area contributed by atoms with Gasteiger partial charge in [0, 0.05) is 11.6 Å². The molecule has 0 saturated heterocycles. The largest absolute Gasteiger partial charge is 0.486 e. The van der Waals surface area contributed by atoms with Crippen LogP contribution >= 0.6 is 0 Å². The number of hydrogen-bond acceptors (Lipinski definition) is 3. The number of benzene rings is 1. The lowest BCUT2D eigenvalue weighted by molar-refractivity contribution is -0.118. The molecule has 2 rings (SSSR count). The summed E-state index contributed by atoms with van der Waals surface area (Å²) in [5.41, 5.74) is 2.09. The molecule has 3 heteroatoms. The van der Waals surface area contributed by atoms with Gasteiger partial charge >= 0.3 is 0 Å². The van der Waals surface area contributed by atoms with Crippen LogP contribution in [0.15, 0.2) is 30.5 Å². The number of carbonyl (C=O) groups excluding carboxylic acids is 1. The van der Waals surface area contributed by atoms with Crippen LogP contribution < -0.4 is 4.74 Å². The molecule has 1 aromatic carbocycles. The van der Waals surface area contributed by atoms with Crippen molar-refractivity contribution in [3.8, 4) is 5.75 Å². The number of ether oxygens (including phenoxy) is 1. The maximum absolute atomic E-state index is 10.8. The van der Waals surface area contributed by atoms with Crippen LogP contribution in [0.5, 0.6) is 5.75 Å². The van der Waals surface area contributed by atoms with Gasteiger partial charge in [-0.3, -0.25) is 9.78 Å². The van der Waals surface area contributed by atoms with E-state index in [1.807, 2.05) is 31.2 Å². The highest BCUT2D eigenvalue weighted by Gasteiger charge is 2.01. The van der Waals surface area contributed by atoms with Gasteiger partial charge in [-0.1, -0.05) is 0 Å². The molecule has 0 radical (unpaired) electrons. The molecule has 0 aliphatic carbocycles. The van der Waals surface area contributed by atoms with Crippen molar-refractivity contribution in [2.24, 2.45) is 0 Å². The molecule has 0 fully saturated rings. The second-order valence-corrected chi connectivity index (χ2v) is 3.80. The van der Waals surface area contributed by atoms with Gasteiger partial charge in [0.15, 0.2) is 5.78 Å². The quantitative estimate of drug-likeness (QED) is 0.789. The summed E-state index contributed by atoms with van der Waals surface area (Å²) in [7, 11) is 0. The summed E-state index contributed by atoms with van der Waals surface area (Å²) in [4.78, 5) is 15.1. The predicted molar refractivity (Wildman–Crippen MR) is 62.7 cm³/mol. The standard InChI is InChI=1S/C13H13NO2/c1-9-5-6-14-13-4-3-11(7-12(9)13)16-8-10(2)15/h3-7H,8H2,1-2H3. The molecule has 0 bridgehead atoms. The van der Waals surface area contributed by atoms with Crippen molar-refractivity contribution in [1.82, 2.24) is 4.98 Å². The maximum atomic E-state index is 10.8. The van der Waals surface area contributed by atoms with Crippen molar-refractivity contribution in [1.29, 1.82) is 0 Å². The third-order valence-electron chi connectivity index (χ3n) is 2.37.